The molecule has 1 aromatic rings. The van der Waals surface area contributed by atoms with Gasteiger partial charge in [-0.3, -0.25) is 0 Å². The smallest absolute Gasteiger partial charge is 0.198 e. The maximum atomic E-state index is 12.7. The summed E-state index contributed by atoms with van der Waals surface area (Å²) >= 11 is 0. The van der Waals surface area contributed by atoms with Crippen LogP contribution < -0.4 is 0 Å². The maximum absolute atomic E-state index is 12.7. The van der Waals surface area contributed by atoms with Crippen LogP contribution in [0.25, 0.3) is 6.08 Å². The third-order valence-electron chi connectivity index (χ3n) is 1.37. The van der Waals surface area contributed by atoms with E-state index in [0.717, 1.165) is 6.08 Å². The van der Waals surface area contributed by atoms with Crippen LogP contribution in [0.15, 0.2) is 11.8 Å². The van der Waals surface area contributed by atoms with Crippen LogP contribution in [0.2, 0.25) is 0 Å². The van der Waals surface area contributed by atoms with Crippen LogP contribution in [-0.2, 0) is 0 Å². The summed E-state index contributed by atoms with van der Waals surface area (Å²) in [5.41, 5.74) is 1.39. The minimum Gasteiger partial charge on any atom is -0.204 e. The van der Waals surface area contributed by atoms with Crippen LogP contribution in [0.3, 0.4) is 0 Å². The van der Waals surface area contributed by atoms with Gasteiger partial charge in [0, 0.05) is 5.56 Å². The molecule has 13 heavy (non-hydrogen) atoms. The second-order valence-corrected chi connectivity index (χ2v) is 2.20. The number of rotatable bonds is 1. The highest BCUT2D eigenvalue weighted by atomic mass is 19.2. The molecule has 0 N–H and O–H groups in total. The van der Waals surface area contributed by atoms with Gasteiger partial charge >= 0.3 is 0 Å². The SMILES string of the molecule is [CH]=C=Cc1cc(F)c(F)c(F)c1F. The lowest BCUT2D eigenvalue weighted by Crippen LogP contribution is -1.97. The van der Waals surface area contributed by atoms with Crippen LogP contribution >= 0.6 is 0 Å². The Labute approximate surface area is 71.8 Å². The first-order chi connectivity index (χ1) is 6.07. The molecule has 0 saturated heterocycles. The number of benzene rings is 1. The Morgan fingerprint density at radius 2 is 1.69 bits per heavy atom. The van der Waals surface area contributed by atoms with Gasteiger partial charge in [0.1, 0.15) is 0 Å². The van der Waals surface area contributed by atoms with E-state index in [1.807, 2.05) is 5.73 Å². The van der Waals surface area contributed by atoms with E-state index in [1.165, 1.54) is 0 Å². The first kappa shape index (κ1) is 9.55. The average Bonchev–Trinajstić information content (AvgIpc) is 2.11. The highest BCUT2D eigenvalue weighted by Gasteiger charge is 2.16. The van der Waals surface area contributed by atoms with Crippen molar-refractivity contribution in [2.75, 3.05) is 0 Å². The maximum Gasteiger partial charge on any atom is 0.198 e. The Balaban J connectivity index is 3.49. The molecular formula is C9H3F4. The quantitative estimate of drug-likeness (QED) is 0.274. The minimum atomic E-state index is -1.86. The summed E-state index contributed by atoms with van der Waals surface area (Å²) in [6.07, 6.45) is 0.806. The summed E-state index contributed by atoms with van der Waals surface area (Å²) in [6, 6.07) is 0.494. The molecular weight excluding hydrogens is 184 g/mol. The van der Waals surface area contributed by atoms with Gasteiger partial charge in [-0.1, -0.05) is 0 Å². The van der Waals surface area contributed by atoms with Gasteiger partial charge in [0.05, 0.1) is 0 Å². The van der Waals surface area contributed by atoms with E-state index in [9.17, 15) is 17.6 Å². The number of halogens is 4. The Bertz CT molecular complexity index is 389. The topological polar surface area (TPSA) is 0 Å². The van der Waals surface area contributed by atoms with Crippen LogP contribution in [0.4, 0.5) is 17.6 Å². The van der Waals surface area contributed by atoms with Crippen molar-refractivity contribution in [3.05, 3.63) is 47.2 Å². The molecule has 0 fully saturated rings. The lowest BCUT2D eigenvalue weighted by molar-refractivity contribution is 0.408. The van der Waals surface area contributed by atoms with Gasteiger partial charge in [-0.25, -0.2) is 17.6 Å². The Morgan fingerprint density at radius 1 is 1.08 bits per heavy atom. The molecule has 67 valence electrons. The molecule has 0 unspecified atom stereocenters. The summed E-state index contributed by atoms with van der Waals surface area (Å²) in [7, 11) is 0. The Kier molecular flexibility index (Phi) is 2.54. The summed E-state index contributed by atoms with van der Waals surface area (Å²) in [6.45, 7) is 4.76. The van der Waals surface area contributed by atoms with Crippen molar-refractivity contribution in [3.8, 4) is 0 Å². The van der Waals surface area contributed by atoms with Crippen molar-refractivity contribution in [1.29, 1.82) is 0 Å². The Morgan fingerprint density at radius 3 is 2.23 bits per heavy atom. The van der Waals surface area contributed by atoms with Gasteiger partial charge in [0.15, 0.2) is 23.3 Å². The summed E-state index contributed by atoms with van der Waals surface area (Å²) in [5, 5.41) is 0. The van der Waals surface area contributed by atoms with E-state index in [4.69, 9.17) is 6.58 Å². The molecule has 0 amide bonds. The highest BCUT2D eigenvalue weighted by Crippen LogP contribution is 2.19. The molecule has 0 atom stereocenters. The van der Waals surface area contributed by atoms with Gasteiger partial charge in [-0.05, 0) is 18.7 Å². The van der Waals surface area contributed by atoms with E-state index < -0.39 is 28.8 Å². The largest absolute Gasteiger partial charge is 0.204 e. The Hall–Kier alpha value is -1.54. The van der Waals surface area contributed by atoms with Crippen LogP contribution in [0.5, 0.6) is 0 Å². The zero-order valence-electron chi connectivity index (χ0n) is 6.24. The predicted octanol–water partition coefficient (Wildman–Crippen LogP) is 2.84. The van der Waals surface area contributed by atoms with Crippen LogP contribution in [0, 0.1) is 29.8 Å². The van der Waals surface area contributed by atoms with Crippen molar-refractivity contribution in [3.63, 3.8) is 0 Å². The fraction of sp³-hybridized carbons (Fsp3) is 0. The molecule has 0 heterocycles. The monoisotopic (exact) mass is 187 g/mol. The molecule has 4 heteroatoms. The summed E-state index contributed by atoms with van der Waals surface area (Å²) in [5.74, 6) is -6.66. The number of hydrogen-bond acceptors (Lipinski definition) is 0. The van der Waals surface area contributed by atoms with E-state index in [2.05, 4.69) is 0 Å². The molecule has 1 radical (unpaired) electrons. The molecule has 0 bridgehead atoms. The molecule has 0 spiro atoms. The fourth-order valence-corrected chi connectivity index (χ4v) is 0.786. The van der Waals surface area contributed by atoms with Crippen molar-refractivity contribution in [2.45, 2.75) is 0 Å². The lowest BCUT2D eigenvalue weighted by Gasteiger charge is -1.99. The normalized spacial score (nSPS) is 9.54. The molecule has 0 nitrogen and oxygen atoms in total. The molecule has 0 saturated carbocycles. The van der Waals surface area contributed by atoms with E-state index in [-0.39, 0.29) is 0 Å². The molecule has 0 aromatic heterocycles. The molecule has 1 rings (SSSR count). The molecule has 0 aliphatic heterocycles. The summed E-state index contributed by atoms with van der Waals surface area (Å²) < 4.78 is 50.0. The molecule has 0 aliphatic rings. The van der Waals surface area contributed by atoms with Crippen LogP contribution in [-0.4, -0.2) is 0 Å². The third kappa shape index (κ3) is 1.63. The minimum absolute atomic E-state index is 0.487. The highest BCUT2D eigenvalue weighted by molar-refractivity contribution is 5.49. The standard InChI is InChI=1S/C9H3F4/c1-2-3-5-4-6(10)8(12)9(13)7(5)11/h1,3-4H. The third-order valence-corrected chi connectivity index (χ3v) is 1.37. The first-order valence-corrected chi connectivity index (χ1v) is 3.20. The lowest BCUT2D eigenvalue weighted by atomic mass is 10.2. The van der Waals surface area contributed by atoms with Gasteiger partial charge in [0.25, 0.3) is 0 Å². The predicted molar refractivity (Wildman–Crippen MR) is 38.6 cm³/mol. The van der Waals surface area contributed by atoms with Gasteiger partial charge in [-0.2, -0.15) is 0 Å². The van der Waals surface area contributed by atoms with Gasteiger partial charge in [0.2, 0.25) is 0 Å². The number of hydrogen-bond donors (Lipinski definition) is 0. The van der Waals surface area contributed by atoms with Crippen molar-refractivity contribution >= 4 is 6.08 Å². The second-order valence-electron chi connectivity index (χ2n) is 2.20. The molecule has 1 aromatic carbocycles. The van der Waals surface area contributed by atoms with E-state index >= 15 is 0 Å². The second kappa shape index (κ2) is 3.46. The van der Waals surface area contributed by atoms with Crippen molar-refractivity contribution < 1.29 is 17.6 Å². The fourth-order valence-electron chi connectivity index (χ4n) is 0.786. The van der Waals surface area contributed by atoms with Crippen LogP contribution in [0.1, 0.15) is 5.56 Å². The van der Waals surface area contributed by atoms with Gasteiger partial charge < -0.3 is 0 Å². The van der Waals surface area contributed by atoms with Gasteiger partial charge in [-0.15, -0.1) is 5.73 Å². The zero-order valence-corrected chi connectivity index (χ0v) is 6.24. The van der Waals surface area contributed by atoms with Crippen molar-refractivity contribution in [2.24, 2.45) is 0 Å². The molecule has 0 aliphatic carbocycles. The summed E-state index contributed by atoms with van der Waals surface area (Å²) in [4.78, 5) is 0. The van der Waals surface area contributed by atoms with Crippen molar-refractivity contribution in [1.82, 2.24) is 0 Å². The van der Waals surface area contributed by atoms with E-state index in [1.54, 1.807) is 0 Å². The average molecular weight is 187 g/mol. The zero-order chi connectivity index (χ0) is 10.0. The van der Waals surface area contributed by atoms with E-state index in [0.29, 0.717) is 6.07 Å². The first-order valence-electron chi connectivity index (χ1n) is 3.20.